The molecule has 6 nitrogen and oxygen atoms in total. The highest BCUT2D eigenvalue weighted by Crippen LogP contribution is 2.37. The van der Waals surface area contributed by atoms with Crippen LogP contribution in [0.3, 0.4) is 0 Å². The van der Waals surface area contributed by atoms with E-state index in [1.165, 1.54) is 18.2 Å². The third-order valence-corrected chi connectivity index (χ3v) is 5.00. The molecular weight excluding hydrogens is 341 g/mol. The van der Waals surface area contributed by atoms with E-state index in [1.54, 1.807) is 4.90 Å². The van der Waals surface area contributed by atoms with Gasteiger partial charge in [0.1, 0.15) is 0 Å². The lowest BCUT2D eigenvalue weighted by atomic mass is 9.78. The Morgan fingerprint density at radius 1 is 1.26 bits per heavy atom. The normalized spacial score (nSPS) is 19.4. The molecule has 3 rings (SSSR count). The number of nitrogens with one attached hydrogen (secondary N) is 1. The Bertz CT molecular complexity index is 608. The lowest BCUT2D eigenvalue weighted by Crippen LogP contribution is -2.44. The summed E-state index contributed by atoms with van der Waals surface area (Å²) in [5, 5.41) is 14.5. The minimum atomic E-state index is -0.530. The number of hydrogen-bond donors (Lipinski definition) is 1. The molecule has 1 N–H and O–H groups in total. The zero-order chi connectivity index (χ0) is 15.7. The van der Waals surface area contributed by atoms with Gasteiger partial charge in [-0.25, -0.2) is 0 Å². The van der Waals surface area contributed by atoms with E-state index in [0.717, 1.165) is 32.4 Å². The van der Waals surface area contributed by atoms with Crippen LogP contribution in [0.1, 0.15) is 29.6 Å². The predicted octanol–water partition coefficient (Wildman–Crippen LogP) is 2.89. The Labute approximate surface area is 145 Å². The molecule has 2 saturated heterocycles. The molecule has 0 aromatic heterocycles. The number of carbonyl (C=O) groups is 1. The molecule has 2 aliphatic heterocycles. The molecule has 0 radical (unpaired) electrons. The van der Waals surface area contributed by atoms with Crippen LogP contribution in [0, 0.1) is 15.5 Å². The highest BCUT2D eigenvalue weighted by molar-refractivity contribution is 6.31. The summed E-state index contributed by atoms with van der Waals surface area (Å²) < 4.78 is 0. The number of hydrogen-bond acceptors (Lipinski definition) is 4. The molecule has 1 aromatic carbocycles. The summed E-state index contributed by atoms with van der Waals surface area (Å²) in [4.78, 5) is 24.7. The second-order valence-corrected chi connectivity index (χ2v) is 6.61. The van der Waals surface area contributed by atoms with Gasteiger partial charge in [-0.1, -0.05) is 11.6 Å². The minimum Gasteiger partial charge on any atom is -0.339 e. The molecule has 126 valence electrons. The first kappa shape index (κ1) is 18.0. The summed E-state index contributed by atoms with van der Waals surface area (Å²) in [5.41, 5.74) is 0.473. The van der Waals surface area contributed by atoms with Crippen LogP contribution in [-0.4, -0.2) is 41.9 Å². The van der Waals surface area contributed by atoms with E-state index in [0.29, 0.717) is 24.1 Å². The van der Waals surface area contributed by atoms with E-state index in [1.807, 2.05) is 0 Å². The van der Waals surface area contributed by atoms with E-state index in [-0.39, 0.29) is 29.0 Å². The average Bonchev–Trinajstić information content (AvgIpc) is 2.95. The number of carbonyl (C=O) groups excluding carboxylic acids is 1. The van der Waals surface area contributed by atoms with Gasteiger partial charge in [-0.3, -0.25) is 14.9 Å². The molecule has 2 fully saturated rings. The lowest BCUT2D eigenvalue weighted by molar-refractivity contribution is -0.384. The van der Waals surface area contributed by atoms with Gasteiger partial charge in [0.2, 0.25) is 0 Å². The smallest absolute Gasteiger partial charge is 0.271 e. The van der Waals surface area contributed by atoms with Crippen LogP contribution >= 0.6 is 24.0 Å². The molecular formula is C15H19Cl2N3O3. The van der Waals surface area contributed by atoms with Crippen molar-refractivity contribution in [2.45, 2.75) is 19.3 Å². The molecule has 2 aliphatic rings. The molecule has 1 spiro atoms. The molecule has 8 heteroatoms. The largest absolute Gasteiger partial charge is 0.339 e. The van der Waals surface area contributed by atoms with Crippen molar-refractivity contribution in [1.82, 2.24) is 10.2 Å². The van der Waals surface area contributed by atoms with Gasteiger partial charge in [-0.2, -0.15) is 0 Å². The number of piperidine rings is 1. The van der Waals surface area contributed by atoms with Crippen molar-refractivity contribution in [2.75, 3.05) is 26.2 Å². The number of benzene rings is 1. The summed E-state index contributed by atoms with van der Waals surface area (Å²) in [6, 6.07) is 4.06. The Balaban J connectivity index is 0.00000192. The quantitative estimate of drug-likeness (QED) is 0.650. The van der Waals surface area contributed by atoms with Crippen molar-refractivity contribution in [3.05, 3.63) is 38.9 Å². The van der Waals surface area contributed by atoms with Gasteiger partial charge < -0.3 is 10.2 Å². The number of halogens is 2. The first-order valence-corrected chi connectivity index (χ1v) is 7.82. The van der Waals surface area contributed by atoms with Crippen LogP contribution < -0.4 is 5.32 Å². The fraction of sp³-hybridized carbons (Fsp3) is 0.533. The Morgan fingerprint density at radius 2 is 1.96 bits per heavy atom. The van der Waals surface area contributed by atoms with Crippen molar-refractivity contribution in [3.8, 4) is 0 Å². The maximum absolute atomic E-state index is 12.6. The van der Waals surface area contributed by atoms with Crippen molar-refractivity contribution >= 4 is 35.6 Å². The highest BCUT2D eigenvalue weighted by Gasteiger charge is 2.38. The zero-order valence-electron chi connectivity index (χ0n) is 12.6. The molecule has 0 aliphatic carbocycles. The summed E-state index contributed by atoms with van der Waals surface area (Å²) >= 11 is 5.89. The van der Waals surface area contributed by atoms with Crippen molar-refractivity contribution in [1.29, 1.82) is 0 Å². The van der Waals surface area contributed by atoms with Gasteiger partial charge in [-0.05, 0) is 37.3 Å². The predicted molar refractivity (Wildman–Crippen MR) is 90.4 cm³/mol. The van der Waals surface area contributed by atoms with E-state index in [2.05, 4.69) is 5.32 Å². The maximum atomic E-state index is 12.6. The third kappa shape index (κ3) is 3.76. The molecule has 23 heavy (non-hydrogen) atoms. The molecule has 0 bridgehead atoms. The number of non-ortho nitro benzene ring substituents is 1. The van der Waals surface area contributed by atoms with Gasteiger partial charge in [0, 0.05) is 42.4 Å². The third-order valence-electron chi connectivity index (χ3n) is 4.78. The molecule has 0 atom stereocenters. The van der Waals surface area contributed by atoms with Crippen LogP contribution in [0.25, 0.3) is 0 Å². The Hall–Kier alpha value is -1.37. The van der Waals surface area contributed by atoms with Crippen LogP contribution in [0.15, 0.2) is 18.2 Å². The second kappa shape index (κ2) is 7.03. The number of nitro groups is 1. The summed E-state index contributed by atoms with van der Waals surface area (Å²) in [6.45, 7) is 3.47. The fourth-order valence-corrected chi connectivity index (χ4v) is 3.62. The highest BCUT2D eigenvalue weighted by atomic mass is 35.5. The van der Waals surface area contributed by atoms with E-state index < -0.39 is 4.92 Å². The summed E-state index contributed by atoms with van der Waals surface area (Å²) in [6.07, 6.45) is 3.13. The molecule has 1 aromatic rings. The standard InChI is InChI=1S/C15H18ClN3O3.ClH/c16-12-7-11(8-13(9-12)19(21)22)14(20)18-5-2-15(3-6-18)1-4-17-10-15;/h7-9,17H,1-6,10H2;1H. The molecule has 2 heterocycles. The van der Waals surface area contributed by atoms with Gasteiger partial charge in [0.05, 0.1) is 4.92 Å². The zero-order valence-corrected chi connectivity index (χ0v) is 14.2. The number of amides is 1. The van der Waals surface area contributed by atoms with E-state index in [4.69, 9.17) is 11.6 Å². The first-order chi connectivity index (χ1) is 10.5. The number of nitrogens with zero attached hydrogens (tertiary/aromatic N) is 2. The minimum absolute atomic E-state index is 0. The van der Waals surface area contributed by atoms with Crippen molar-refractivity contribution in [2.24, 2.45) is 5.41 Å². The summed E-state index contributed by atoms with van der Waals surface area (Å²) in [7, 11) is 0. The van der Waals surface area contributed by atoms with Crippen LogP contribution in [0.4, 0.5) is 5.69 Å². The number of rotatable bonds is 2. The van der Waals surface area contributed by atoms with Crippen molar-refractivity contribution in [3.63, 3.8) is 0 Å². The SMILES string of the molecule is Cl.O=C(c1cc(Cl)cc([N+](=O)[O-])c1)N1CCC2(CCNC2)CC1. The maximum Gasteiger partial charge on any atom is 0.271 e. The van der Waals surface area contributed by atoms with Crippen LogP contribution in [-0.2, 0) is 0 Å². The van der Waals surface area contributed by atoms with Crippen molar-refractivity contribution < 1.29 is 9.72 Å². The molecule has 0 saturated carbocycles. The topological polar surface area (TPSA) is 75.5 Å². The van der Waals surface area contributed by atoms with E-state index >= 15 is 0 Å². The number of nitro benzene ring substituents is 1. The monoisotopic (exact) mass is 359 g/mol. The Kier molecular flexibility index (Phi) is 5.49. The summed E-state index contributed by atoms with van der Waals surface area (Å²) in [5.74, 6) is -0.175. The molecule has 1 amide bonds. The average molecular weight is 360 g/mol. The van der Waals surface area contributed by atoms with Gasteiger partial charge in [0.15, 0.2) is 0 Å². The lowest BCUT2D eigenvalue weighted by Gasteiger charge is -2.38. The van der Waals surface area contributed by atoms with Gasteiger partial charge in [0.25, 0.3) is 11.6 Å². The fourth-order valence-electron chi connectivity index (χ4n) is 3.39. The van der Waals surface area contributed by atoms with Gasteiger partial charge in [-0.15, -0.1) is 12.4 Å². The van der Waals surface area contributed by atoms with Crippen LogP contribution in [0.2, 0.25) is 5.02 Å². The number of likely N-dealkylation sites (tertiary alicyclic amines) is 1. The Morgan fingerprint density at radius 3 is 2.52 bits per heavy atom. The van der Waals surface area contributed by atoms with Crippen LogP contribution in [0.5, 0.6) is 0 Å². The second-order valence-electron chi connectivity index (χ2n) is 6.17. The van der Waals surface area contributed by atoms with Gasteiger partial charge >= 0.3 is 0 Å². The van der Waals surface area contributed by atoms with E-state index in [9.17, 15) is 14.9 Å². The first-order valence-electron chi connectivity index (χ1n) is 7.44. The molecule has 0 unspecified atom stereocenters.